The number of nitrogens with zero attached hydrogens (tertiary/aromatic N) is 1. The van der Waals surface area contributed by atoms with Crippen molar-refractivity contribution in [2.24, 2.45) is 5.41 Å². The summed E-state index contributed by atoms with van der Waals surface area (Å²) in [6, 6.07) is 9.97. The molecule has 0 saturated heterocycles. The van der Waals surface area contributed by atoms with Gasteiger partial charge >= 0.3 is 11.9 Å². The van der Waals surface area contributed by atoms with Crippen molar-refractivity contribution < 1.29 is 27.5 Å². The first-order valence-electron chi connectivity index (χ1n) is 8.82. The smallest absolute Gasteiger partial charge is 0.323 e. The first kappa shape index (κ1) is 20.7. The second-order valence-electron chi connectivity index (χ2n) is 6.91. The minimum Gasteiger partial charge on any atom is -0.468 e. The third kappa shape index (κ3) is 3.80. The van der Waals surface area contributed by atoms with Crippen LogP contribution in [0.15, 0.2) is 53.7 Å². The van der Waals surface area contributed by atoms with Crippen molar-refractivity contribution in [3.8, 4) is 0 Å². The summed E-state index contributed by atoms with van der Waals surface area (Å²) in [5.41, 5.74) is 1.59. The second kappa shape index (κ2) is 7.79. The third-order valence-corrected chi connectivity index (χ3v) is 6.26. The summed E-state index contributed by atoms with van der Waals surface area (Å²) in [6.07, 6.45) is 4.59. The second-order valence-corrected chi connectivity index (χ2v) is 8.92. The zero-order valence-corrected chi connectivity index (χ0v) is 17.2. The molecule has 0 spiro atoms. The molecule has 0 amide bonds. The van der Waals surface area contributed by atoms with Crippen LogP contribution in [0.25, 0.3) is 11.1 Å². The quantitative estimate of drug-likeness (QED) is 0.546. The molecule has 8 heteroatoms. The maximum absolute atomic E-state index is 12.6. The van der Waals surface area contributed by atoms with Crippen molar-refractivity contribution in [3.63, 3.8) is 0 Å². The highest BCUT2D eigenvalue weighted by Gasteiger charge is 2.53. The standard InChI is InChI=1S/C21H21NO6S/c1-27-19(23)21(20(24)28-2)12-17(18(13-21)15-8-10-22-11-9-15)14-4-6-16(7-5-14)29(3,25)26/h4-11H,12-13H2,1-3H3. The molecular formula is C21H21NO6S. The van der Waals surface area contributed by atoms with Gasteiger partial charge in [0, 0.05) is 31.5 Å². The molecule has 7 nitrogen and oxygen atoms in total. The van der Waals surface area contributed by atoms with Crippen LogP contribution in [-0.2, 0) is 28.9 Å². The van der Waals surface area contributed by atoms with E-state index in [1.165, 1.54) is 26.4 Å². The van der Waals surface area contributed by atoms with E-state index in [4.69, 9.17) is 9.47 Å². The lowest BCUT2D eigenvalue weighted by Gasteiger charge is -2.23. The molecule has 0 unspecified atom stereocenters. The summed E-state index contributed by atoms with van der Waals surface area (Å²) in [7, 11) is -0.871. The minimum atomic E-state index is -3.34. The Hall–Kier alpha value is -3.00. The summed E-state index contributed by atoms with van der Waals surface area (Å²) in [5.74, 6) is -1.34. The Bertz CT molecular complexity index is 1060. The predicted octanol–water partition coefficient (Wildman–Crippen LogP) is 2.52. The van der Waals surface area contributed by atoms with Crippen LogP contribution >= 0.6 is 0 Å². The van der Waals surface area contributed by atoms with E-state index in [0.29, 0.717) is 0 Å². The molecule has 1 aromatic heterocycles. The van der Waals surface area contributed by atoms with Gasteiger partial charge in [-0.1, -0.05) is 12.1 Å². The maximum atomic E-state index is 12.6. The van der Waals surface area contributed by atoms with Gasteiger partial charge < -0.3 is 9.47 Å². The minimum absolute atomic E-state index is 0.0855. The Kier molecular flexibility index (Phi) is 5.57. The average molecular weight is 415 g/mol. The fourth-order valence-corrected chi connectivity index (χ4v) is 4.28. The van der Waals surface area contributed by atoms with Crippen LogP contribution in [0, 0.1) is 5.41 Å². The van der Waals surface area contributed by atoms with Gasteiger partial charge in [0.2, 0.25) is 0 Å². The zero-order valence-electron chi connectivity index (χ0n) is 16.3. The van der Waals surface area contributed by atoms with Crippen molar-refractivity contribution in [2.45, 2.75) is 17.7 Å². The normalized spacial score (nSPS) is 15.8. The third-order valence-electron chi connectivity index (χ3n) is 5.13. The number of pyridine rings is 1. The first-order valence-corrected chi connectivity index (χ1v) is 10.7. The van der Waals surface area contributed by atoms with E-state index in [-0.39, 0.29) is 17.7 Å². The number of allylic oxidation sites excluding steroid dienone is 2. The van der Waals surface area contributed by atoms with Crippen LogP contribution < -0.4 is 0 Å². The van der Waals surface area contributed by atoms with Crippen LogP contribution in [0.3, 0.4) is 0 Å². The number of carbonyl (C=O) groups is 2. The Morgan fingerprint density at radius 2 is 1.31 bits per heavy atom. The topological polar surface area (TPSA) is 99.6 Å². The van der Waals surface area contributed by atoms with E-state index >= 15 is 0 Å². The van der Waals surface area contributed by atoms with Gasteiger partial charge in [-0.3, -0.25) is 14.6 Å². The lowest BCUT2D eigenvalue weighted by molar-refractivity contribution is -0.167. The molecule has 3 rings (SSSR count). The summed E-state index contributed by atoms with van der Waals surface area (Å²) < 4.78 is 33.4. The molecule has 0 aliphatic heterocycles. The molecule has 0 atom stereocenters. The molecule has 0 saturated carbocycles. The lowest BCUT2D eigenvalue weighted by atomic mass is 9.82. The van der Waals surface area contributed by atoms with Crippen molar-refractivity contribution in [1.82, 2.24) is 4.98 Å². The van der Waals surface area contributed by atoms with Crippen molar-refractivity contribution in [3.05, 3.63) is 59.9 Å². The van der Waals surface area contributed by atoms with E-state index in [1.807, 2.05) is 0 Å². The van der Waals surface area contributed by atoms with Gasteiger partial charge in [0.05, 0.1) is 19.1 Å². The first-order chi connectivity index (χ1) is 13.7. The highest BCUT2D eigenvalue weighted by atomic mass is 32.2. The summed E-state index contributed by atoms with van der Waals surface area (Å²) in [6.45, 7) is 0. The molecule has 1 aliphatic rings. The monoisotopic (exact) mass is 415 g/mol. The van der Waals surface area contributed by atoms with Gasteiger partial charge in [-0.15, -0.1) is 0 Å². The summed E-state index contributed by atoms with van der Waals surface area (Å²) in [4.78, 5) is 29.5. The number of ether oxygens (including phenoxy) is 2. The van der Waals surface area contributed by atoms with Crippen molar-refractivity contribution in [1.29, 1.82) is 0 Å². The van der Waals surface area contributed by atoms with Gasteiger partial charge in [0.15, 0.2) is 15.3 Å². The summed E-state index contributed by atoms with van der Waals surface area (Å²) >= 11 is 0. The maximum Gasteiger partial charge on any atom is 0.323 e. The van der Waals surface area contributed by atoms with Gasteiger partial charge in [0.25, 0.3) is 0 Å². The average Bonchev–Trinajstić information content (AvgIpc) is 3.14. The zero-order chi connectivity index (χ0) is 21.2. The number of sulfone groups is 1. The van der Waals surface area contributed by atoms with Crippen LogP contribution in [0.1, 0.15) is 24.0 Å². The van der Waals surface area contributed by atoms with Crippen LogP contribution in [0.2, 0.25) is 0 Å². The van der Waals surface area contributed by atoms with E-state index in [2.05, 4.69) is 4.98 Å². The molecule has 0 N–H and O–H groups in total. The Balaban J connectivity index is 2.16. The van der Waals surface area contributed by atoms with Crippen molar-refractivity contribution in [2.75, 3.05) is 20.5 Å². The Morgan fingerprint density at radius 1 is 0.862 bits per heavy atom. The van der Waals surface area contributed by atoms with E-state index < -0.39 is 27.2 Å². The van der Waals surface area contributed by atoms with E-state index in [9.17, 15) is 18.0 Å². The van der Waals surface area contributed by atoms with E-state index in [1.54, 1.807) is 36.7 Å². The molecule has 0 fully saturated rings. The lowest BCUT2D eigenvalue weighted by Crippen LogP contribution is -2.39. The molecule has 1 aliphatic carbocycles. The number of aromatic nitrogens is 1. The number of methoxy groups -OCH3 is 2. The Labute approximate surface area is 169 Å². The van der Waals surface area contributed by atoms with Crippen LogP contribution in [0.5, 0.6) is 0 Å². The fraction of sp³-hybridized carbons (Fsp3) is 0.286. The molecule has 1 aromatic carbocycles. The summed E-state index contributed by atoms with van der Waals surface area (Å²) in [5, 5.41) is 0. The van der Waals surface area contributed by atoms with Gasteiger partial charge in [0.1, 0.15) is 0 Å². The molecule has 152 valence electrons. The van der Waals surface area contributed by atoms with E-state index in [0.717, 1.165) is 28.5 Å². The molecule has 0 radical (unpaired) electrons. The number of esters is 2. The number of hydrogen-bond acceptors (Lipinski definition) is 7. The van der Waals surface area contributed by atoms with Crippen LogP contribution in [0.4, 0.5) is 0 Å². The van der Waals surface area contributed by atoms with Crippen molar-refractivity contribution >= 4 is 32.9 Å². The Morgan fingerprint density at radius 3 is 1.72 bits per heavy atom. The SMILES string of the molecule is COC(=O)C1(C(=O)OC)CC(c2ccncc2)=C(c2ccc(S(C)(=O)=O)cc2)C1. The molecule has 1 heterocycles. The fourth-order valence-electron chi connectivity index (χ4n) is 3.65. The molecule has 0 bridgehead atoms. The molecule has 2 aromatic rings. The highest BCUT2D eigenvalue weighted by molar-refractivity contribution is 7.90. The van der Waals surface area contributed by atoms with Gasteiger partial charge in [-0.05, 0) is 46.5 Å². The predicted molar refractivity (Wildman–Crippen MR) is 106 cm³/mol. The number of hydrogen-bond donors (Lipinski definition) is 0. The van der Waals surface area contributed by atoms with Crippen LogP contribution in [-0.4, -0.2) is 45.8 Å². The highest BCUT2D eigenvalue weighted by Crippen LogP contribution is 2.51. The number of benzene rings is 1. The molecular weight excluding hydrogens is 394 g/mol. The number of rotatable bonds is 5. The molecule has 29 heavy (non-hydrogen) atoms. The van der Waals surface area contributed by atoms with Gasteiger partial charge in [-0.25, -0.2) is 8.42 Å². The number of carbonyl (C=O) groups excluding carboxylic acids is 2. The van der Waals surface area contributed by atoms with Gasteiger partial charge in [-0.2, -0.15) is 0 Å². The largest absolute Gasteiger partial charge is 0.468 e.